The van der Waals surface area contributed by atoms with Crippen molar-refractivity contribution in [2.24, 2.45) is 5.92 Å². The zero-order valence-electron chi connectivity index (χ0n) is 12.4. The van der Waals surface area contributed by atoms with Crippen LogP contribution in [0.15, 0.2) is 12.1 Å². The smallest absolute Gasteiger partial charge is 0.317 e. The van der Waals surface area contributed by atoms with E-state index in [1.54, 1.807) is 18.7 Å². The summed E-state index contributed by atoms with van der Waals surface area (Å²) in [6.07, 6.45) is 0.323. The zero-order chi connectivity index (χ0) is 16.4. The van der Waals surface area contributed by atoms with Gasteiger partial charge in [0.05, 0.1) is 17.2 Å². The van der Waals surface area contributed by atoms with Gasteiger partial charge in [-0.3, -0.25) is 0 Å². The van der Waals surface area contributed by atoms with Gasteiger partial charge in [-0.25, -0.2) is 9.18 Å². The van der Waals surface area contributed by atoms with Crippen LogP contribution in [0.5, 0.6) is 0 Å². The molecule has 0 spiro atoms. The van der Waals surface area contributed by atoms with Crippen molar-refractivity contribution in [3.8, 4) is 0 Å². The van der Waals surface area contributed by atoms with Crippen LogP contribution in [-0.2, 0) is 0 Å². The predicted octanol–water partition coefficient (Wildman–Crippen LogP) is 3.61. The van der Waals surface area contributed by atoms with Crippen molar-refractivity contribution < 1.29 is 14.3 Å². The van der Waals surface area contributed by atoms with Gasteiger partial charge in [-0.05, 0) is 32.4 Å². The molecule has 0 unspecified atom stereocenters. The maximum Gasteiger partial charge on any atom is 0.317 e. The minimum atomic E-state index is -0.572. The fourth-order valence-corrected chi connectivity index (χ4v) is 3.35. The number of likely N-dealkylation sites (tertiary alicyclic amines) is 1. The highest BCUT2D eigenvalue weighted by Gasteiger charge is 2.30. The molecule has 0 radical (unpaired) electrons. The highest BCUT2D eigenvalue weighted by atomic mass is 35.5. The third-order valence-corrected chi connectivity index (χ3v) is 4.76. The maximum absolute atomic E-state index is 13.6. The minimum absolute atomic E-state index is 0.0800. The molecule has 1 fully saturated rings. The average molecular weight is 349 g/mol. The van der Waals surface area contributed by atoms with Gasteiger partial charge in [0.15, 0.2) is 0 Å². The van der Waals surface area contributed by atoms with Gasteiger partial charge in [-0.2, -0.15) is 0 Å². The molecule has 1 aromatic carbocycles. The molecule has 1 saturated heterocycles. The molecule has 0 saturated carbocycles. The number of amides is 2. The number of halogens is 3. The molecule has 0 aliphatic carbocycles. The van der Waals surface area contributed by atoms with E-state index < -0.39 is 18.0 Å². The minimum Gasteiger partial charge on any atom is -0.393 e. The molecule has 0 aromatic heterocycles. The van der Waals surface area contributed by atoms with Gasteiger partial charge in [0.1, 0.15) is 5.82 Å². The number of rotatable bonds is 3. The molecule has 2 rings (SSSR count). The second-order valence-corrected chi connectivity index (χ2v) is 6.45. The van der Waals surface area contributed by atoms with E-state index in [0.717, 1.165) is 6.42 Å². The van der Waals surface area contributed by atoms with E-state index in [1.165, 1.54) is 12.1 Å². The van der Waals surface area contributed by atoms with Crippen LogP contribution in [0.3, 0.4) is 0 Å². The van der Waals surface area contributed by atoms with Crippen LogP contribution in [-0.4, -0.2) is 35.2 Å². The van der Waals surface area contributed by atoms with Crippen molar-refractivity contribution in [3.63, 3.8) is 0 Å². The van der Waals surface area contributed by atoms with Gasteiger partial charge in [-0.15, -0.1) is 0 Å². The fourth-order valence-electron chi connectivity index (χ4n) is 2.65. The first-order chi connectivity index (χ1) is 10.3. The topological polar surface area (TPSA) is 52.6 Å². The molecule has 22 heavy (non-hydrogen) atoms. The Morgan fingerprint density at radius 2 is 2.14 bits per heavy atom. The summed E-state index contributed by atoms with van der Waals surface area (Å²) in [7, 11) is 0. The number of nitrogens with one attached hydrogen (secondary N) is 1. The fraction of sp³-hybridized carbons (Fsp3) is 0.533. The first kappa shape index (κ1) is 17.3. The highest BCUT2D eigenvalue weighted by Crippen LogP contribution is 2.32. The summed E-state index contributed by atoms with van der Waals surface area (Å²) in [4.78, 5) is 13.9. The molecular weight excluding hydrogens is 330 g/mol. The molecule has 4 nitrogen and oxygen atoms in total. The lowest BCUT2D eigenvalue weighted by molar-refractivity contribution is 0.129. The Morgan fingerprint density at radius 1 is 1.45 bits per heavy atom. The molecule has 1 heterocycles. The summed E-state index contributed by atoms with van der Waals surface area (Å²) in [6.45, 7) is 4.51. The van der Waals surface area contributed by atoms with E-state index in [4.69, 9.17) is 23.2 Å². The van der Waals surface area contributed by atoms with Gasteiger partial charge < -0.3 is 15.3 Å². The monoisotopic (exact) mass is 348 g/mol. The number of carbonyl (C=O) groups excluding carboxylic acids is 1. The third-order valence-electron chi connectivity index (χ3n) is 4.05. The Morgan fingerprint density at radius 3 is 2.73 bits per heavy atom. The molecule has 0 bridgehead atoms. The molecule has 2 amide bonds. The Hall–Kier alpha value is -1.04. The summed E-state index contributed by atoms with van der Waals surface area (Å²) in [6, 6.07) is 1.82. The largest absolute Gasteiger partial charge is 0.393 e. The van der Waals surface area contributed by atoms with Crippen LogP contribution in [0.1, 0.15) is 31.9 Å². The van der Waals surface area contributed by atoms with Crippen LogP contribution in [0.4, 0.5) is 9.18 Å². The van der Waals surface area contributed by atoms with Crippen molar-refractivity contribution in [2.75, 3.05) is 13.1 Å². The second kappa shape index (κ2) is 7.02. The van der Waals surface area contributed by atoms with Gasteiger partial charge in [0.2, 0.25) is 0 Å². The molecule has 122 valence electrons. The number of hydrogen-bond acceptors (Lipinski definition) is 2. The molecule has 1 aliphatic rings. The first-order valence-electron chi connectivity index (χ1n) is 7.18. The molecule has 3 atom stereocenters. The number of nitrogens with zero attached hydrogens (tertiary/aromatic N) is 1. The van der Waals surface area contributed by atoms with Crippen molar-refractivity contribution in [3.05, 3.63) is 33.6 Å². The standard InChI is InChI=1S/C15H19Cl2FN2O2/c1-8(13-11(16)3-4-12(18)14(13)17)19-15(22)20-6-5-10(7-20)9(2)21/h3-4,8-10,21H,5-7H2,1-2H3,(H,19,22)/t8-,9-,10-/m0/s1. The quantitative estimate of drug-likeness (QED) is 0.820. The Kier molecular flexibility index (Phi) is 5.53. The second-order valence-electron chi connectivity index (χ2n) is 5.66. The summed E-state index contributed by atoms with van der Waals surface area (Å²) in [5.41, 5.74) is 0.364. The number of benzene rings is 1. The number of carbonyl (C=O) groups is 1. The Balaban J connectivity index is 2.05. The third kappa shape index (κ3) is 3.65. The van der Waals surface area contributed by atoms with Crippen molar-refractivity contribution in [2.45, 2.75) is 32.4 Å². The van der Waals surface area contributed by atoms with Gasteiger partial charge in [-0.1, -0.05) is 23.2 Å². The molecule has 1 aromatic rings. The lowest BCUT2D eigenvalue weighted by Crippen LogP contribution is -2.40. The summed E-state index contributed by atoms with van der Waals surface area (Å²) < 4.78 is 13.6. The molecule has 7 heteroatoms. The summed E-state index contributed by atoms with van der Waals surface area (Å²) >= 11 is 12.0. The maximum atomic E-state index is 13.6. The van der Waals surface area contributed by atoms with E-state index in [0.29, 0.717) is 23.7 Å². The average Bonchev–Trinajstić information content (AvgIpc) is 2.93. The van der Waals surface area contributed by atoms with E-state index in [-0.39, 0.29) is 17.0 Å². The number of hydrogen-bond donors (Lipinski definition) is 2. The SMILES string of the molecule is C[C@H](NC(=O)N1CC[C@H]([C@H](C)O)C1)c1c(Cl)ccc(F)c1Cl. The van der Waals surface area contributed by atoms with E-state index in [9.17, 15) is 14.3 Å². The van der Waals surface area contributed by atoms with Crippen LogP contribution in [0.25, 0.3) is 0 Å². The van der Waals surface area contributed by atoms with Gasteiger partial charge >= 0.3 is 6.03 Å². The highest BCUT2D eigenvalue weighted by molar-refractivity contribution is 6.36. The number of aliphatic hydroxyl groups is 1. The molecule has 2 N–H and O–H groups in total. The van der Waals surface area contributed by atoms with Crippen LogP contribution in [0.2, 0.25) is 10.0 Å². The Labute approximate surface area is 139 Å². The molecule has 1 aliphatic heterocycles. The van der Waals surface area contributed by atoms with Gasteiger partial charge in [0, 0.05) is 29.6 Å². The number of aliphatic hydroxyl groups excluding tert-OH is 1. The van der Waals surface area contributed by atoms with E-state index in [2.05, 4.69) is 5.32 Å². The predicted molar refractivity (Wildman–Crippen MR) is 84.7 cm³/mol. The van der Waals surface area contributed by atoms with Crippen LogP contribution < -0.4 is 5.32 Å². The van der Waals surface area contributed by atoms with Crippen molar-refractivity contribution in [1.82, 2.24) is 10.2 Å². The summed E-state index contributed by atoms with van der Waals surface area (Å²) in [5.74, 6) is -0.486. The van der Waals surface area contributed by atoms with Crippen LogP contribution >= 0.6 is 23.2 Å². The van der Waals surface area contributed by atoms with Crippen molar-refractivity contribution in [1.29, 1.82) is 0 Å². The first-order valence-corrected chi connectivity index (χ1v) is 7.93. The lowest BCUT2D eigenvalue weighted by Gasteiger charge is -2.23. The van der Waals surface area contributed by atoms with E-state index >= 15 is 0 Å². The lowest BCUT2D eigenvalue weighted by atomic mass is 10.0. The Bertz CT molecular complexity index is 569. The summed E-state index contributed by atoms with van der Waals surface area (Å²) in [5, 5.41) is 12.6. The van der Waals surface area contributed by atoms with Crippen molar-refractivity contribution >= 4 is 29.2 Å². The zero-order valence-corrected chi connectivity index (χ0v) is 14.0. The van der Waals surface area contributed by atoms with E-state index in [1.807, 2.05) is 0 Å². The molecular formula is C15H19Cl2FN2O2. The van der Waals surface area contributed by atoms with Crippen LogP contribution in [0, 0.1) is 11.7 Å². The number of urea groups is 1. The van der Waals surface area contributed by atoms with Gasteiger partial charge in [0.25, 0.3) is 0 Å². The normalized spacial score (nSPS) is 20.8.